The second-order valence-electron chi connectivity index (χ2n) is 5.44. The molecule has 2 aromatic carbocycles. The molecule has 0 saturated carbocycles. The van der Waals surface area contributed by atoms with Crippen molar-refractivity contribution in [1.29, 1.82) is 0 Å². The molecule has 0 spiro atoms. The second kappa shape index (κ2) is 7.41. The summed E-state index contributed by atoms with van der Waals surface area (Å²) < 4.78 is 0. The summed E-state index contributed by atoms with van der Waals surface area (Å²) in [5.74, 6) is 0. The summed E-state index contributed by atoms with van der Waals surface area (Å²) in [7, 11) is 2.21. The molecule has 0 amide bonds. The van der Waals surface area contributed by atoms with Gasteiger partial charge in [0.05, 0.1) is 0 Å². The lowest BCUT2D eigenvalue weighted by Gasteiger charge is -2.26. The summed E-state index contributed by atoms with van der Waals surface area (Å²) in [5.41, 5.74) is 1.41. The quantitative estimate of drug-likeness (QED) is 0.822. The van der Waals surface area contributed by atoms with Gasteiger partial charge >= 0.3 is 0 Å². The van der Waals surface area contributed by atoms with Crippen LogP contribution in [0.25, 0.3) is 10.8 Å². The Kier molecular flexibility index (Phi) is 5.57. The maximum atomic E-state index is 3.64. The summed E-state index contributed by atoms with van der Waals surface area (Å²) in [6.45, 7) is 7.60. The van der Waals surface area contributed by atoms with Crippen LogP contribution >= 0.6 is 0 Å². The molecule has 0 bridgehead atoms. The lowest BCUT2D eigenvalue weighted by Crippen LogP contribution is -2.33. The first-order chi connectivity index (χ1) is 9.76. The van der Waals surface area contributed by atoms with E-state index >= 15 is 0 Å². The summed E-state index contributed by atoms with van der Waals surface area (Å²) >= 11 is 0. The highest BCUT2D eigenvalue weighted by molar-refractivity contribution is 5.86. The number of rotatable bonds is 7. The number of fused-ring (bicyclic) bond motifs is 1. The number of hydrogen-bond donors (Lipinski definition) is 1. The molecule has 1 atom stereocenters. The first kappa shape index (κ1) is 15.0. The van der Waals surface area contributed by atoms with Gasteiger partial charge in [-0.05, 0) is 42.9 Å². The lowest BCUT2D eigenvalue weighted by atomic mass is 9.98. The number of nitrogens with zero attached hydrogens (tertiary/aromatic N) is 1. The number of hydrogen-bond acceptors (Lipinski definition) is 2. The zero-order chi connectivity index (χ0) is 14.4. The van der Waals surface area contributed by atoms with Gasteiger partial charge in [-0.25, -0.2) is 0 Å². The summed E-state index contributed by atoms with van der Waals surface area (Å²) in [4.78, 5) is 2.41. The fourth-order valence-electron chi connectivity index (χ4n) is 2.86. The smallest absolute Gasteiger partial charge is 0.0455 e. The van der Waals surface area contributed by atoms with Crippen LogP contribution < -0.4 is 5.32 Å². The van der Waals surface area contributed by atoms with Crippen molar-refractivity contribution >= 4 is 10.8 Å². The topological polar surface area (TPSA) is 15.3 Å². The highest BCUT2D eigenvalue weighted by atomic mass is 15.1. The average Bonchev–Trinajstić information content (AvgIpc) is 2.46. The van der Waals surface area contributed by atoms with Crippen LogP contribution in [0.5, 0.6) is 0 Å². The minimum Gasteiger partial charge on any atom is -0.309 e. The van der Waals surface area contributed by atoms with Crippen LogP contribution in [-0.4, -0.2) is 31.6 Å². The average molecular weight is 270 g/mol. The highest BCUT2D eigenvalue weighted by Gasteiger charge is 2.14. The Balaban J connectivity index is 2.31. The number of nitrogens with one attached hydrogen (secondary N) is 1. The monoisotopic (exact) mass is 270 g/mol. The van der Waals surface area contributed by atoms with Crippen LogP contribution in [0.2, 0.25) is 0 Å². The van der Waals surface area contributed by atoms with E-state index in [2.05, 4.69) is 73.6 Å². The Morgan fingerprint density at radius 2 is 1.80 bits per heavy atom. The van der Waals surface area contributed by atoms with E-state index in [-0.39, 0.29) is 0 Å². The van der Waals surface area contributed by atoms with Gasteiger partial charge in [-0.3, -0.25) is 0 Å². The molecule has 2 heteroatoms. The lowest BCUT2D eigenvalue weighted by molar-refractivity contribution is 0.293. The van der Waals surface area contributed by atoms with E-state index in [4.69, 9.17) is 0 Å². The van der Waals surface area contributed by atoms with E-state index in [0.717, 1.165) is 19.6 Å². The van der Waals surface area contributed by atoms with E-state index < -0.39 is 0 Å². The molecule has 0 heterocycles. The molecule has 0 aliphatic heterocycles. The second-order valence-corrected chi connectivity index (χ2v) is 5.44. The van der Waals surface area contributed by atoms with Gasteiger partial charge in [0.2, 0.25) is 0 Å². The fourth-order valence-corrected chi connectivity index (χ4v) is 2.86. The number of likely N-dealkylation sites (N-methyl/N-ethyl adjacent to an activating group) is 2. The molecule has 0 radical (unpaired) electrons. The van der Waals surface area contributed by atoms with Crippen LogP contribution in [0.15, 0.2) is 42.5 Å². The van der Waals surface area contributed by atoms with Crippen LogP contribution in [0.1, 0.15) is 31.9 Å². The van der Waals surface area contributed by atoms with Crippen molar-refractivity contribution in [3.05, 3.63) is 48.0 Å². The minimum atomic E-state index is 0.391. The van der Waals surface area contributed by atoms with E-state index in [1.807, 2.05) is 0 Å². The van der Waals surface area contributed by atoms with Crippen molar-refractivity contribution in [3.63, 3.8) is 0 Å². The van der Waals surface area contributed by atoms with Crippen molar-refractivity contribution in [2.45, 2.75) is 26.3 Å². The Labute approximate surface area is 122 Å². The van der Waals surface area contributed by atoms with Crippen LogP contribution in [0, 0.1) is 0 Å². The zero-order valence-electron chi connectivity index (χ0n) is 12.9. The largest absolute Gasteiger partial charge is 0.309 e. The molecule has 2 aromatic rings. The van der Waals surface area contributed by atoms with Gasteiger partial charge in [-0.1, -0.05) is 56.3 Å². The van der Waals surface area contributed by atoms with Gasteiger partial charge in [-0.15, -0.1) is 0 Å². The zero-order valence-corrected chi connectivity index (χ0v) is 12.9. The molecule has 2 nitrogen and oxygen atoms in total. The van der Waals surface area contributed by atoms with Gasteiger partial charge in [0.25, 0.3) is 0 Å². The Morgan fingerprint density at radius 1 is 1.05 bits per heavy atom. The fraction of sp³-hybridized carbons (Fsp3) is 0.444. The third-order valence-electron chi connectivity index (χ3n) is 3.75. The van der Waals surface area contributed by atoms with Crippen molar-refractivity contribution in [3.8, 4) is 0 Å². The Morgan fingerprint density at radius 3 is 2.55 bits per heavy atom. The standard InChI is InChI=1S/C18H26N2/c1-4-13-20(3)14-18(19-5-2)17-12-8-10-15-9-6-7-11-16(15)17/h6-12,18-19H,4-5,13-14H2,1-3H3. The molecule has 0 fully saturated rings. The van der Waals surface area contributed by atoms with Crippen molar-refractivity contribution in [1.82, 2.24) is 10.2 Å². The van der Waals surface area contributed by atoms with Gasteiger partial charge in [0, 0.05) is 12.6 Å². The van der Waals surface area contributed by atoms with E-state index in [0.29, 0.717) is 6.04 Å². The minimum absolute atomic E-state index is 0.391. The van der Waals surface area contributed by atoms with E-state index in [1.54, 1.807) is 0 Å². The third-order valence-corrected chi connectivity index (χ3v) is 3.75. The highest BCUT2D eigenvalue weighted by Crippen LogP contribution is 2.24. The molecular weight excluding hydrogens is 244 g/mol. The van der Waals surface area contributed by atoms with Gasteiger partial charge in [-0.2, -0.15) is 0 Å². The van der Waals surface area contributed by atoms with Crippen molar-refractivity contribution < 1.29 is 0 Å². The molecule has 1 unspecified atom stereocenters. The summed E-state index contributed by atoms with van der Waals surface area (Å²) in [6, 6.07) is 15.7. The summed E-state index contributed by atoms with van der Waals surface area (Å²) in [5, 5.41) is 6.33. The van der Waals surface area contributed by atoms with Gasteiger partial charge < -0.3 is 10.2 Å². The van der Waals surface area contributed by atoms with Gasteiger partial charge in [0.15, 0.2) is 0 Å². The molecule has 0 aliphatic carbocycles. The molecule has 20 heavy (non-hydrogen) atoms. The third kappa shape index (κ3) is 3.59. The van der Waals surface area contributed by atoms with E-state index in [1.165, 1.54) is 22.8 Å². The SMILES string of the molecule is CCCN(C)CC(NCC)c1cccc2ccccc12. The first-order valence-corrected chi connectivity index (χ1v) is 7.65. The number of benzene rings is 2. The Bertz CT molecular complexity index is 530. The molecule has 0 saturated heterocycles. The molecule has 0 aromatic heterocycles. The maximum Gasteiger partial charge on any atom is 0.0455 e. The summed E-state index contributed by atoms with van der Waals surface area (Å²) in [6.07, 6.45) is 1.20. The molecular formula is C18H26N2. The van der Waals surface area contributed by atoms with Crippen LogP contribution in [0.4, 0.5) is 0 Å². The normalized spacial score (nSPS) is 13.0. The predicted molar refractivity (Wildman–Crippen MR) is 88.2 cm³/mol. The van der Waals surface area contributed by atoms with Crippen molar-refractivity contribution in [2.75, 3.05) is 26.7 Å². The first-order valence-electron chi connectivity index (χ1n) is 7.65. The Hall–Kier alpha value is -1.38. The maximum absolute atomic E-state index is 3.64. The molecule has 108 valence electrons. The van der Waals surface area contributed by atoms with Crippen LogP contribution in [0.3, 0.4) is 0 Å². The molecule has 1 N–H and O–H groups in total. The van der Waals surface area contributed by atoms with E-state index in [9.17, 15) is 0 Å². The van der Waals surface area contributed by atoms with Crippen LogP contribution in [-0.2, 0) is 0 Å². The molecule has 2 rings (SSSR count). The molecule has 0 aliphatic rings. The van der Waals surface area contributed by atoms with Crippen molar-refractivity contribution in [2.24, 2.45) is 0 Å². The predicted octanol–water partition coefficient (Wildman–Crippen LogP) is 3.83. The van der Waals surface area contributed by atoms with Gasteiger partial charge in [0.1, 0.15) is 0 Å².